The van der Waals surface area contributed by atoms with Gasteiger partial charge in [0.15, 0.2) is 0 Å². The van der Waals surface area contributed by atoms with Crippen LogP contribution in [0.4, 0.5) is 5.82 Å². The largest absolute Gasteiger partial charge is 0.478 e. The van der Waals surface area contributed by atoms with Crippen molar-refractivity contribution in [2.75, 3.05) is 31.1 Å². The minimum absolute atomic E-state index is 0.0773. The highest BCUT2D eigenvalue weighted by Crippen LogP contribution is 2.20. The lowest BCUT2D eigenvalue weighted by Gasteiger charge is -2.35. The van der Waals surface area contributed by atoms with Crippen molar-refractivity contribution in [3.8, 4) is 0 Å². The Balaban J connectivity index is 1.27. The molecule has 0 aliphatic carbocycles. The molecule has 0 atom stereocenters. The molecular weight excluding hydrogens is 404 g/mol. The van der Waals surface area contributed by atoms with Crippen LogP contribution >= 0.6 is 0 Å². The minimum Gasteiger partial charge on any atom is -0.478 e. The van der Waals surface area contributed by atoms with Crippen molar-refractivity contribution in [3.63, 3.8) is 0 Å². The van der Waals surface area contributed by atoms with E-state index in [0.29, 0.717) is 17.9 Å². The average Bonchev–Trinajstić information content (AvgIpc) is 2.84. The SMILES string of the molecule is O=C(NCc1ccc(CN2CCN(c3ncccc3C(=O)O)CC2)cc1)c1ccccc1. The Morgan fingerprint density at radius 1 is 0.875 bits per heavy atom. The van der Waals surface area contributed by atoms with Crippen LogP contribution in [0, 0.1) is 0 Å². The Morgan fingerprint density at radius 3 is 2.25 bits per heavy atom. The summed E-state index contributed by atoms with van der Waals surface area (Å²) < 4.78 is 0. The van der Waals surface area contributed by atoms with Crippen LogP contribution in [-0.2, 0) is 13.1 Å². The number of amides is 1. The first kappa shape index (κ1) is 21.5. The Morgan fingerprint density at radius 2 is 1.56 bits per heavy atom. The maximum absolute atomic E-state index is 12.2. The van der Waals surface area contributed by atoms with E-state index in [-0.39, 0.29) is 11.5 Å². The summed E-state index contributed by atoms with van der Waals surface area (Å²) in [5.41, 5.74) is 3.17. The highest BCUT2D eigenvalue weighted by molar-refractivity contribution is 5.94. The van der Waals surface area contributed by atoms with Gasteiger partial charge in [-0.1, -0.05) is 42.5 Å². The monoisotopic (exact) mass is 430 g/mol. The molecule has 2 N–H and O–H groups in total. The molecule has 164 valence electrons. The van der Waals surface area contributed by atoms with Gasteiger partial charge in [0.1, 0.15) is 11.4 Å². The Kier molecular flexibility index (Phi) is 6.77. The molecule has 1 aliphatic rings. The summed E-state index contributed by atoms with van der Waals surface area (Å²) in [6, 6.07) is 20.7. The van der Waals surface area contributed by atoms with Gasteiger partial charge in [-0.25, -0.2) is 9.78 Å². The van der Waals surface area contributed by atoms with Crippen molar-refractivity contribution >= 4 is 17.7 Å². The summed E-state index contributed by atoms with van der Waals surface area (Å²) in [6.45, 7) is 4.47. The molecule has 32 heavy (non-hydrogen) atoms. The van der Waals surface area contributed by atoms with Gasteiger partial charge < -0.3 is 15.3 Å². The number of nitrogens with zero attached hydrogens (tertiary/aromatic N) is 3. The average molecular weight is 431 g/mol. The number of aromatic nitrogens is 1. The first-order chi connectivity index (χ1) is 15.6. The van der Waals surface area contributed by atoms with Crippen LogP contribution in [0.3, 0.4) is 0 Å². The molecule has 0 saturated carbocycles. The zero-order valence-electron chi connectivity index (χ0n) is 17.8. The number of nitrogens with one attached hydrogen (secondary N) is 1. The van der Waals surface area contributed by atoms with Gasteiger partial charge in [0.25, 0.3) is 5.91 Å². The summed E-state index contributed by atoms with van der Waals surface area (Å²) in [5, 5.41) is 12.3. The Hall–Kier alpha value is -3.71. The third-order valence-corrected chi connectivity index (χ3v) is 5.61. The molecule has 2 aromatic carbocycles. The topological polar surface area (TPSA) is 85.8 Å². The van der Waals surface area contributed by atoms with Gasteiger partial charge in [0.05, 0.1) is 0 Å². The molecule has 4 rings (SSSR count). The van der Waals surface area contributed by atoms with Gasteiger partial charge in [-0.2, -0.15) is 0 Å². The summed E-state index contributed by atoms with van der Waals surface area (Å²) in [5.74, 6) is -0.483. The second-order valence-corrected chi connectivity index (χ2v) is 7.81. The quantitative estimate of drug-likeness (QED) is 0.599. The molecule has 0 radical (unpaired) electrons. The normalized spacial score (nSPS) is 14.2. The van der Waals surface area contributed by atoms with E-state index in [2.05, 4.69) is 27.3 Å². The number of anilines is 1. The summed E-state index contributed by atoms with van der Waals surface area (Å²) in [6.07, 6.45) is 1.64. The number of carbonyl (C=O) groups excluding carboxylic acids is 1. The molecule has 0 bridgehead atoms. The van der Waals surface area contributed by atoms with E-state index in [0.717, 1.165) is 38.3 Å². The van der Waals surface area contributed by atoms with E-state index in [4.69, 9.17) is 0 Å². The van der Waals surface area contributed by atoms with E-state index in [1.54, 1.807) is 30.5 Å². The van der Waals surface area contributed by atoms with Crippen molar-refractivity contribution in [1.82, 2.24) is 15.2 Å². The van der Waals surface area contributed by atoms with E-state index < -0.39 is 5.97 Å². The van der Waals surface area contributed by atoms with Crippen molar-refractivity contribution in [1.29, 1.82) is 0 Å². The zero-order valence-corrected chi connectivity index (χ0v) is 17.8. The first-order valence-corrected chi connectivity index (χ1v) is 10.7. The molecule has 1 aromatic heterocycles. The second-order valence-electron chi connectivity index (χ2n) is 7.81. The molecule has 1 aliphatic heterocycles. The van der Waals surface area contributed by atoms with Crippen LogP contribution in [0.2, 0.25) is 0 Å². The number of carboxylic acids is 1. The number of aromatic carboxylic acids is 1. The first-order valence-electron chi connectivity index (χ1n) is 10.7. The predicted octanol–water partition coefficient (Wildman–Crippen LogP) is 3.03. The fourth-order valence-corrected chi connectivity index (χ4v) is 3.83. The molecule has 0 unspecified atom stereocenters. The third-order valence-electron chi connectivity index (χ3n) is 5.61. The molecule has 3 aromatic rings. The van der Waals surface area contributed by atoms with Crippen molar-refractivity contribution in [3.05, 3.63) is 95.2 Å². The van der Waals surface area contributed by atoms with Crippen LogP contribution in [0.15, 0.2) is 72.9 Å². The number of rotatable bonds is 7. The highest BCUT2D eigenvalue weighted by Gasteiger charge is 2.22. The van der Waals surface area contributed by atoms with E-state index in [9.17, 15) is 14.7 Å². The van der Waals surface area contributed by atoms with Crippen molar-refractivity contribution in [2.24, 2.45) is 0 Å². The van der Waals surface area contributed by atoms with Crippen LogP contribution in [0.5, 0.6) is 0 Å². The third kappa shape index (κ3) is 5.31. The molecule has 2 heterocycles. The number of carboxylic acid groups (broad SMARTS) is 1. The van der Waals surface area contributed by atoms with Gasteiger partial charge >= 0.3 is 5.97 Å². The Bertz CT molecular complexity index is 1060. The van der Waals surface area contributed by atoms with E-state index in [1.165, 1.54) is 5.56 Å². The van der Waals surface area contributed by atoms with Gasteiger partial charge in [-0.3, -0.25) is 9.69 Å². The maximum atomic E-state index is 12.2. The number of piperazine rings is 1. The van der Waals surface area contributed by atoms with Gasteiger partial charge in [-0.05, 0) is 35.4 Å². The van der Waals surface area contributed by atoms with Gasteiger partial charge in [0, 0.05) is 51.0 Å². The summed E-state index contributed by atoms with van der Waals surface area (Å²) >= 11 is 0. The smallest absolute Gasteiger partial charge is 0.339 e. The van der Waals surface area contributed by atoms with Crippen LogP contribution in [0.1, 0.15) is 31.8 Å². The molecule has 1 amide bonds. The number of pyridine rings is 1. The molecule has 7 nitrogen and oxygen atoms in total. The van der Waals surface area contributed by atoms with E-state index in [1.807, 2.05) is 35.2 Å². The van der Waals surface area contributed by atoms with Crippen LogP contribution in [-0.4, -0.2) is 53.0 Å². The lowest BCUT2D eigenvalue weighted by Crippen LogP contribution is -2.46. The lowest BCUT2D eigenvalue weighted by atomic mass is 10.1. The van der Waals surface area contributed by atoms with Crippen LogP contribution in [0.25, 0.3) is 0 Å². The number of carbonyl (C=O) groups is 2. The van der Waals surface area contributed by atoms with Gasteiger partial charge in [0.2, 0.25) is 0 Å². The Labute approximate surface area is 187 Å². The van der Waals surface area contributed by atoms with Crippen LogP contribution < -0.4 is 10.2 Å². The molecule has 0 spiro atoms. The highest BCUT2D eigenvalue weighted by atomic mass is 16.4. The summed E-state index contributed by atoms with van der Waals surface area (Å²) in [7, 11) is 0. The lowest BCUT2D eigenvalue weighted by molar-refractivity contribution is 0.0696. The molecule has 1 saturated heterocycles. The number of benzene rings is 2. The molecule has 7 heteroatoms. The standard InChI is InChI=1S/C25H26N4O3/c30-24(21-5-2-1-3-6-21)27-17-19-8-10-20(11-9-19)18-28-13-15-29(16-14-28)23-22(25(31)32)7-4-12-26-23/h1-12H,13-18H2,(H,27,30)(H,31,32). The van der Waals surface area contributed by atoms with Crippen molar-refractivity contribution < 1.29 is 14.7 Å². The van der Waals surface area contributed by atoms with Gasteiger partial charge in [-0.15, -0.1) is 0 Å². The predicted molar refractivity (Wildman–Crippen MR) is 123 cm³/mol. The van der Waals surface area contributed by atoms with Crippen molar-refractivity contribution in [2.45, 2.75) is 13.1 Å². The zero-order chi connectivity index (χ0) is 22.3. The minimum atomic E-state index is -0.949. The molecular formula is C25H26N4O3. The fraction of sp³-hybridized carbons (Fsp3) is 0.240. The summed E-state index contributed by atoms with van der Waals surface area (Å²) in [4.78, 5) is 32.3. The molecule has 1 fully saturated rings. The second kappa shape index (κ2) is 10.1. The number of hydrogen-bond donors (Lipinski definition) is 2. The fourth-order valence-electron chi connectivity index (χ4n) is 3.83. The maximum Gasteiger partial charge on any atom is 0.339 e. The number of hydrogen-bond acceptors (Lipinski definition) is 5. The van der Waals surface area contributed by atoms with E-state index >= 15 is 0 Å².